The summed E-state index contributed by atoms with van der Waals surface area (Å²) in [7, 11) is 1.51. The smallest absolute Gasteiger partial charge is 0.246 e. The molecule has 2 rings (SSSR count). The molecular formula is C18H14Cl4N2O2. The van der Waals surface area contributed by atoms with Gasteiger partial charge in [0, 0.05) is 13.1 Å². The molecule has 0 spiro atoms. The molecule has 0 atom stereocenters. The number of likely N-dealkylation sites (N-methyl/N-ethyl adjacent to an activating group) is 1. The van der Waals surface area contributed by atoms with E-state index in [-0.39, 0.29) is 12.5 Å². The van der Waals surface area contributed by atoms with Gasteiger partial charge in [-0.15, -0.1) is 0 Å². The van der Waals surface area contributed by atoms with Gasteiger partial charge in [0.15, 0.2) is 0 Å². The molecule has 4 nitrogen and oxygen atoms in total. The summed E-state index contributed by atoms with van der Waals surface area (Å²) in [5, 5.41) is 4.06. The highest BCUT2D eigenvalue weighted by Crippen LogP contribution is 2.29. The Morgan fingerprint density at radius 1 is 1.00 bits per heavy atom. The van der Waals surface area contributed by atoms with Crippen LogP contribution in [-0.2, 0) is 9.59 Å². The summed E-state index contributed by atoms with van der Waals surface area (Å²) in [6.45, 7) is -0.161. The number of benzene rings is 2. The van der Waals surface area contributed by atoms with Crippen LogP contribution in [0.2, 0.25) is 20.1 Å². The van der Waals surface area contributed by atoms with Gasteiger partial charge in [0.1, 0.15) is 0 Å². The maximum Gasteiger partial charge on any atom is 0.246 e. The predicted octanol–water partition coefficient (Wildman–Crippen LogP) is 5.41. The summed E-state index contributed by atoms with van der Waals surface area (Å²) in [4.78, 5) is 25.5. The zero-order valence-electron chi connectivity index (χ0n) is 13.6. The fourth-order valence-electron chi connectivity index (χ4n) is 2.00. The maximum atomic E-state index is 12.1. The van der Waals surface area contributed by atoms with Crippen LogP contribution in [0.1, 0.15) is 5.56 Å². The van der Waals surface area contributed by atoms with E-state index in [2.05, 4.69) is 5.32 Å². The number of para-hydroxylation sites is 1. The number of nitrogens with one attached hydrogen (secondary N) is 1. The summed E-state index contributed by atoms with van der Waals surface area (Å²) in [6, 6.07) is 9.89. The highest BCUT2D eigenvalue weighted by Gasteiger charge is 2.13. The standard InChI is InChI=1S/C18H14Cl4N2O2/c1-24(10-16(25)23-18-13(20)3-2-4-14(18)21)17(26)8-6-11-5-7-12(19)15(22)9-11/h2-9H,10H2,1H3,(H,23,25)/b8-6+. The fraction of sp³-hybridized carbons (Fsp3) is 0.111. The summed E-state index contributed by atoms with van der Waals surface area (Å²) in [5.74, 6) is -0.768. The van der Waals surface area contributed by atoms with Crippen LogP contribution in [-0.4, -0.2) is 30.3 Å². The number of hydrogen-bond acceptors (Lipinski definition) is 2. The Morgan fingerprint density at radius 3 is 2.27 bits per heavy atom. The van der Waals surface area contributed by atoms with Gasteiger partial charge in [-0.25, -0.2) is 0 Å². The van der Waals surface area contributed by atoms with E-state index in [1.165, 1.54) is 18.0 Å². The minimum atomic E-state index is -0.418. The molecule has 2 aromatic carbocycles. The summed E-state index contributed by atoms with van der Waals surface area (Å²) < 4.78 is 0. The first kappa shape index (κ1) is 20.6. The molecule has 26 heavy (non-hydrogen) atoms. The lowest BCUT2D eigenvalue weighted by molar-refractivity contribution is -0.129. The fourth-order valence-corrected chi connectivity index (χ4v) is 2.80. The third-order valence-corrected chi connectivity index (χ3v) is 4.72. The Morgan fingerprint density at radius 2 is 1.65 bits per heavy atom. The zero-order chi connectivity index (χ0) is 19.3. The lowest BCUT2D eigenvalue weighted by Crippen LogP contribution is -2.34. The SMILES string of the molecule is CN(CC(=O)Nc1c(Cl)cccc1Cl)C(=O)/C=C/c1ccc(Cl)c(Cl)c1. The number of anilines is 1. The molecule has 1 N–H and O–H groups in total. The largest absolute Gasteiger partial charge is 0.333 e. The van der Waals surface area contributed by atoms with Crippen LogP contribution in [0.4, 0.5) is 5.69 Å². The first-order valence-corrected chi connectivity index (χ1v) is 8.91. The highest BCUT2D eigenvalue weighted by atomic mass is 35.5. The van der Waals surface area contributed by atoms with E-state index in [0.717, 1.165) is 0 Å². The predicted molar refractivity (Wildman–Crippen MR) is 108 cm³/mol. The van der Waals surface area contributed by atoms with Gasteiger partial charge in [-0.2, -0.15) is 0 Å². The molecule has 8 heteroatoms. The summed E-state index contributed by atoms with van der Waals surface area (Å²) >= 11 is 23.8. The van der Waals surface area contributed by atoms with Crippen LogP contribution >= 0.6 is 46.4 Å². The molecule has 0 bridgehead atoms. The zero-order valence-corrected chi connectivity index (χ0v) is 16.6. The Hall–Kier alpha value is -1.72. The van der Waals surface area contributed by atoms with Crippen molar-refractivity contribution >= 4 is 70.0 Å². The van der Waals surface area contributed by atoms with Crippen LogP contribution in [0.3, 0.4) is 0 Å². The number of halogens is 4. The number of carbonyl (C=O) groups is 2. The number of nitrogens with zero attached hydrogens (tertiary/aromatic N) is 1. The molecule has 2 amide bonds. The number of amides is 2. The van der Waals surface area contributed by atoms with Gasteiger partial charge < -0.3 is 10.2 Å². The van der Waals surface area contributed by atoms with Gasteiger partial charge in [-0.05, 0) is 35.9 Å². The van der Waals surface area contributed by atoms with Crippen molar-refractivity contribution in [2.75, 3.05) is 18.9 Å². The first-order valence-electron chi connectivity index (χ1n) is 7.40. The average Bonchev–Trinajstić information content (AvgIpc) is 2.59. The third-order valence-electron chi connectivity index (χ3n) is 3.35. The summed E-state index contributed by atoms with van der Waals surface area (Å²) in [5.41, 5.74) is 1.03. The first-order chi connectivity index (χ1) is 12.3. The van der Waals surface area contributed by atoms with Gasteiger partial charge in [-0.3, -0.25) is 9.59 Å². The Bertz CT molecular complexity index is 848. The maximum absolute atomic E-state index is 12.1. The van der Waals surface area contributed by atoms with Crippen LogP contribution in [0.25, 0.3) is 6.08 Å². The van der Waals surface area contributed by atoms with Gasteiger partial charge in [0.25, 0.3) is 0 Å². The minimum absolute atomic E-state index is 0.161. The molecule has 0 radical (unpaired) electrons. The molecule has 0 saturated carbocycles. The number of hydrogen-bond donors (Lipinski definition) is 1. The van der Waals surface area contributed by atoms with Crippen LogP contribution in [0, 0.1) is 0 Å². The molecule has 0 heterocycles. The molecule has 0 fully saturated rings. The van der Waals surface area contributed by atoms with Crippen LogP contribution in [0.5, 0.6) is 0 Å². The molecular weight excluding hydrogens is 418 g/mol. The highest BCUT2D eigenvalue weighted by molar-refractivity contribution is 6.42. The molecule has 0 aliphatic carbocycles. The monoisotopic (exact) mass is 430 g/mol. The quantitative estimate of drug-likeness (QED) is 0.643. The van der Waals surface area contributed by atoms with Crippen molar-refractivity contribution < 1.29 is 9.59 Å². The van der Waals surface area contributed by atoms with E-state index in [0.29, 0.717) is 31.3 Å². The van der Waals surface area contributed by atoms with E-state index in [9.17, 15) is 9.59 Å². The lowest BCUT2D eigenvalue weighted by Gasteiger charge is -2.16. The normalized spacial score (nSPS) is 10.8. The number of carbonyl (C=O) groups excluding carboxylic acids is 2. The molecule has 0 aromatic heterocycles. The Kier molecular flexibility index (Phi) is 7.35. The molecule has 136 valence electrons. The van der Waals surface area contributed by atoms with Crippen molar-refractivity contribution in [3.8, 4) is 0 Å². The van der Waals surface area contributed by atoms with Gasteiger partial charge in [-0.1, -0.05) is 58.5 Å². The van der Waals surface area contributed by atoms with Crippen molar-refractivity contribution in [2.45, 2.75) is 0 Å². The molecule has 2 aromatic rings. The van der Waals surface area contributed by atoms with Crippen molar-refractivity contribution in [3.05, 3.63) is 68.1 Å². The van der Waals surface area contributed by atoms with E-state index in [1.807, 2.05) is 0 Å². The second kappa shape index (κ2) is 9.28. The van der Waals surface area contributed by atoms with Crippen molar-refractivity contribution in [3.63, 3.8) is 0 Å². The number of rotatable bonds is 5. The van der Waals surface area contributed by atoms with Crippen molar-refractivity contribution in [2.24, 2.45) is 0 Å². The van der Waals surface area contributed by atoms with Crippen molar-refractivity contribution in [1.29, 1.82) is 0 Å². The van der Waals surface area contributed by atoms with E-state index >= 15 is 0 Å². The third kappa shape index (κ3) is 5.64. The van der Waals surface area contributed by atoms with E-state index in [1.54, 1.807) is 42.5 Å². The topological polar surface area (TPSA) is 49.4 Å². The molecule has 0 saturated heterocycles. The van der Waals surface area contributed by atoms with Crippen LogP contribution < -0.4 is 5.32 Å². The minimum Gasteiger partial charge on any atom is -0.333 e. The molecule has 0 aliphatic rings. The van der Waals surface area contributed by atoms with Crippen molar-refractivity contribution in [1.82, 2.24) is 4.90 Å². The van der Waals surface area contributed by atoms with Gasteiger partial charge >= 0.3 is 0 Å². The average molecular weight is 432 g/mol. The van der Waals surface area contributed by atoms with Gasteiger partial charge in [0.05, 0.1) is 32.3 Å². The van der Waals surface area contributed by atoms with Gasteiger partial charge in [0.2, 0.25) is 11.8 Å². The molecule has 0 aliphatic heterocycles. The Labute approximate surface area is 171 Å². The Balaban J connectivity index is 1.96. The molecule has 0 unspecified atom stereocenters. The lowest BCUT2D eigenvalue weighted by atomic mass is 10.2. The second-order valence-electron chi connectivity index (χ2n) is 5.35. The van der Waals surface area contributed by atoms with E-state index in [4.69, 9.17) is 46.4 Å². The van der Waals surface area contributed by atoms with Crippen LogP contribution in [0.15, 0.2) is 42.5 Å². The second-order valence-corrected chi connectivity index (χ2v) is 6.97. The summed E-state index contributed by atoms with van der Waals surface area (Å²) in [6.07, 6.45) is 2.93. The van der Waals surface area contributed by atoms with E-state index < -0.39 is 5.91 Å².